The molecule has 0 spiro atoms. The van der Waals surface area contributed by atoms with Gasteiger partial charge in [-0.3, -0.25) is 14.5 Å². The van der Waals surface area contributed by atoms with E-state index in [1.807, 2.05) is 19.1 Å². The monoisotopic (exact) mass is 390 g/mol. The van der Waals surface area contributed by atoms with Crippen molar-refractivity contribution < 1.29 is 24.3 Å². The molecule has 2 N–H and O–H groups in total. The number of phenolic OH excluding ortho intramolecular Hbond substituents is 1. The highest BCUT2D eigenvalue weighted by Crippen LogP contribution is 2.42. The molecule has 1 aliphatic rings. The molecule has 1 atom stereocenters. The fourth-order valence-corrected chi connectivity index (χ4v) is 3.37. The van der Waals surface area contributed by atoms with Gasteiger partial charge in [0, 0.05) is 11.6 Å². The third-order valence-corrected chi connectivity index (χ3v) is 4.84. The van der Waals surface area contributed by atoms with Crippen LogP contribution in [0.1, 0.15) is 28.5 Å². The zero-order valence-corrected chi connectivity index (χ0v) is 15.8. The van der Waals surface area contributed by atoms with Crippen LogP contribution < -0.4 is 4.90 Å². The van der Waals surface area contributed by atoms with Crippen LogP contribution in [-0.4, -0.2) is 27.1 Å². The number of aliphatic hydroxyl groups excluding tert-OH is 1. The second-order valence-corrected chi connectivity index (χ2v) is 6.92. The number of amides is 1. The number of aryl methyl sites for hydroxylation is 2. The minimum Gasteiger partial charge on any atom is -0.508 e. The van der Waals surface area contributed by atoms with Crippen molar-refractivity contribution in [1.29, 1.82) is 0 Å². The van der Waals surface area contributed by atoms with E-state index in [-0.39, 0.29) is 22.9 Å². The number of hydrogen-bond donors (Lipinski definition) is 2. The van der Waals surface area contributed by atoms with Gasteiger partial charge in [-0.25, -0.2) is 0 Å². The Morgan fingerprint density at radius 3 is 2.28 bits per heavy atom. The van der Waals surface area contributed by atoms with Crippen LogP contribution in [0.25, 0.3) is 5.76 Å². The Kier molecular flexibility index (Phi) is 4.43. The number of ketones is 1. The molecule has 0 aliphatic carbocycles. The summed E-state index contributed by atoms with van der Waals surface area (Å²) in [7, 11) is 0. The van der Waals surface area contributed by atoms with Gasteiger partial charge in [0.05, 0.1) is 11.6 Å². The van der Waals surface area contributed by atoms with Gasteiger partial charge >= 0.3 is 5.91 Å². The van der Waals surface area contributed by atoms with Crippen molar-refractivity contribution >= 4 is 23.3 Å². The Labute approximate surface area is 166 Å². The molecule has 0 bridgehead atoms. The number of carbonyl (C=O) groups is 2. The quantitative estimate of drug-likeness (QED) is 0.402. The molecule has 2 aromatic carbocycles. The minimum atomic E-state index is -0.915. The summed E-state index contributed by atoms with van der Waals surface area (Å²) < 4.78 is 5.08. The maximum absolute atomic E-state index is 12.9. The number of aromatic nitrogens is 1. The summed E-state index contributed by atoms with van der Waals surface area (Å²) in [6.45, 7) is 3.58. The molecule has 3 aromatic rings. The maximum atomic E-state index is 12.9. The van der Waals surface area contributed by atoms with E-state index in [0.717, 1.165) is 5.56 Å². The number of aromatic hydroxyl groups is 1. The average Bonchev–Trinajstić information content (AvgIpc) is 3.24. The van der Waals surface area contributed by atoms with Crippen molar-refractivity contribution in [3.63, 3.8) is 0 Å². The van der Waals surface area contributed by atoms with Crippen LogP contribution >= 0.6 is 0 Å². The number of carbonyl (C=O) groups excluding carboxylic acids is 2. The number of anilines is 1. The molecule has 7 heteroatoms. The number of nitrogens with zero attached hydrogens (tertiary/aromatic N) is 2. The van der Waals surface area contributed by atoms with E-state index in [4.69, 9.17) is 4.52 Å². The van der Waals surface area contributed by atoms with E-state index in [0.29, 0.717) is 16.9 Å². The first-order valence-electron chi connectivity index (χ1n) is 8.97. The number of aliphatic hydroxyl groups is 1. The van der Waals surface area contributed by atoms with Crippen LogP contribution in [0.4, 0.5) is 5.82 Å². The summed E-state index contributed by atoms with van der Waals surface area (Å²) in [6.07, 6.45) is 0. The second-order valence-electron chi connectivity index (χ2n) is 6.92. The summed E-state index contributed by atoms with van der Waals surface area (Å²) in [5.41, 5.74) is 1.91. The summed E-state index contributed by atoms with van der Waals surface area (Å²) in [5.74, 6) is -1.21. The molecular formula is C22H18N2O5. The van der Waals surface area contributed by atoms with Gasteiger partial charge < -0.3 is 14.7 Å². The normalized spacial score (nSPS) is 18.4. The lowest BCUT2D eigenvalue weighted by Crippen LogP contribution is -2.29. The Bertz CT molecular complexity index is 1130. The third-order valence-electron chi connectivity index (χ3n) is 4.84. The van der Waals surface area contributed by atoms with Crippen molar-refractivity contribution in [3.05, 3.63) is 82.6 Å². The predicted molar refractivity (Wildman–Crippen MR) is 105 cm³/mol. The van der Waals surface area contributed by atoms with Crippen molar-refractivity contribution in [1.82, 2.24) is 5.16 Å². The van der Waals surface area contributed by atoms with Crippen LogP contribution in [0.2, 0.25) is 0 Å². The van der Waals surface area contributed by atoms with Gasteiger partial charge in [0.25, 0.3) is 5.78 Å². The van der Waals surface area contributed by atoms with E-state index < -0.39 is 17.7 Å². The maximum Gasteiger partial charge on any atom is 0.301 e. The van der Waals surface area contributed by atoms with E-state index >= 15 is 0 Å². The fourth-order valence-electron chi connectivity index (χ4n) is 3.37. The summed E-state index contributed by atoms with van der Waals surface area (Å²) in [4.78, 5) is 27.0. The SMILES string of the molecule is Cc1ccc(/C(O)=C2\C(=O)C(=O)N(c3cc(C)on3)C2c2ccc(O)cc2)cc1. The number of hydrogen-bond acceptors (Lipinski definition) is 6. The Balaban J connectivity index is 1.93. The van der Waals surface area contributed by atoms with Crippen LogP contribution in [0.5, 0.6) is 5.75 Å². The Hall–Kier alpha value is -3.87. The predicted octanol–water partition coefficient (Wildman–Crippen LogP) is 3.62. The Morgan fingerprint density at radius 2 is 1.69 bits per heavy atom. The van der Waals surface area contributed by atoms with E-state index in [2.05, 4.69) is 5.16 Å². The van der Waals surface area contributed by atoms with Gasteiger partial charge in [-0.15, -0.1) is 0 Å². The number of phenols is 1. The smallest absolute Gasteiger partial charge is 0.301 e. The molecule has 1 amide bonds. The molecule has 7 nitrogen and oxygen atoms in total. The van der Waals surface area contributed by atoms with Crippen LogP contribution in [0.15, 0.2) is 64.7 Å². The van der Waals surface area contributed by atoms with Gasteiger partial charge in [-0.2, -0.15) is 0 Å². The zero-order valence-electron chi connectivity index (χ0n) is 15.8. The highest BCUT2D eigenvalue weighted by molar-refractivity contribution is 6.51. The largest absolute Gasteiger partial charge is 0.508 e. The van der Waals surface area contributed by atoms with Gasteiger partial charge in [-0.05, 0) is 31.5 Å². The standard InChI is InChI=1S/C22H18N2O5/c1-12-3-5-15(6-4-12)20(26)18-19(14-7-9-16(25)10-8-14)24(22(28)21(18)27)17-11-13(2)29-23-17/h3-11,19,25-26H,1-2H3/b20-18+. The summed E-state index contributed by atoms with van der Waals surface area (Å²) in [6, 6.07) is 13.7. The molecule has 1 aliphatic heterocycles. The molecule has 4 rings (SSSR count). The lowest BCUT2D eigenvalue weighted by molar-refractivity contribution is -0.132. The van der Waals surface area contributed by atoms with E-state index in [1.165, 1.54) is 17.0 Å². The average molecular weight is 390 g/mol. The van der Waals surface area contributed by atoms with Gasteiger partial charge in [-0.1, -0.05) is 47.1 Å². The van der Waals surface area contributed by atoms with Gasteiger partial charge in [0.1, 0.15) is 17.3 Å². The first-order valence-corrected chi connectivity index (χ1v) is 8.97. The van der Waals surface area contributed by atoms with E-state index in [9.17, 15) is 19.8 Å². The van der Waals surface area contributed by atoms with Gasteiger partial charge in [0.15, 0.2) is 5.82 Å². The summed E-state index contributed by atoms with van der Waals surface area (Å²) >= 11 is 0. The highest BCUT2D eigenvalue weighted by Gasteiger charge is 2.48. The zero-order chi connectivity index (χ0) is 20.7. The van der Waals surface area contributed by atoms with Gasteiger partial charge in [0.2, 0.25) is 0 Å². The molecule has 1 fully saturated rings. The topological polar surface area (TPSA) is 104 Å². The summed E-state index contributed by atoms with van der Waals surface area (Å²) in [5, 5.41) is 24.5. The molecule has 0 radical (unpaired) electrons. The van der Waals surface area contributed by atoms with Crippen LogP contribution in [0.3, 0.4) is 0 Å². The molecular weight excluding hydrogens is 372 g/mol. The Morgan fingerprint density at radius 1 is 1.03 bits per heavy atom. The molecule has 0 saturated carbocycles. The molecule has 1 saturated heterocycles. The first-order chi connectivity index (χ1) is 13.9. The first kappa shape index (κ1) is 18.5. The van der Waals surface area contributed by atoms with Crippen molar-refractivity contribution in [3.8, 4) is 5.75 Å². The van der Waals surface area contributed by atoms with Crippen molar-refractivity contribution in [2.24, 2.45) is 0 Å². The molecule has 146 valence electrons. The molecule has 1 aromatic heterocycles. The molecule has 2 heterocycles. The van der Waals surface area contributed by atoms with Crippen LogP contribution in [0, 0.1) is 13.8 Å². The van der Waals surface area contributed by atoms with Crippen LogP contribution in [-0.2, 0) is 9.59 Å². The number of Topliss-reactive ketones (excluding diaryl/α,β-unsaturated/α-hetero) is 1. The van der Waals surface area contributed by atoms with Crippen molar-refractivity contribution in [2.45, 2.75) is 19.9 Å². The molecule has 1 unspecified atom stereocenters. The lowest BCUT2D eigenvalue weighted by Gasteiger charge is -2.22. The number of benzene rings is 2. The van der Waals surface area contributed by atoms with E-state index in [1.54, 1.807) is 37.3 Å². The third kappa shape index (κ3) is 3.16. The minimum absolute atomic E-state index is 0.0431. The van der Waals surface area contributed by atoms with Crippen molar-refractivity contribution in [2.75, 3.05) is 4.90 Å². The number of rotatable bonds is 3. The lowest BCUT2D eigenvalue weighted by atomic mass is 9.95. The second kappa shape index (κ2) is 6.94. The highest BCUT2D eigenvalue weighted by atomic mass is 16.5. The fraction of sp³-hybridized carbons (Fsp3) is 0.136. The molecule has 29 heavy (non-hydrogen) atoms.